The minimum absolute atomic E-state index is 0.297. The van der Waals surface area contributed by atoms with Crippen molar-refractivity contribution in [1.29, 1.82) is 0 Å². The van der Waals surface area contributed by atoms with Gasteiger partial charge in [-0.25, -0.2) is 0 Å². The molecule has 2 atom stereocenters. The molecule has 0 radical (unpaired) electrons. The van der Waals surface area contributed by atoms with Crippen LogP contribution in [0, 0.1) is 0 Å². The third-order valence-corrected chi connectivity index (χ3v) is 2.01. The second kappa shape index (κ2) is 1.49. The van der Waals surface area contributed by atoms with Crippen molar-refractivity contribution in [2.45, 2.75) is 25.0 Å². The van der Waals surface area contributed by atoms with Crippen LogP contribution in [-0.2, 0) is 4.74 Å². The highest BCUT2D eigenvalue weighted by Crippen LogP contribution is 2.38. The maximum absolute atomic E-state index is 5.74. The number of allylic oxidation sites excluding steroid dienone is 1. The first-order valence-corrected chi connectivity index (χ1v) is 3.27. The summed E-state index contributed by atoms with van der Waals surface area (Å²) in [6.07, 6.45) is 5.09. The second-order valence-corrected chi connectivity index (χ2v) is 2.70. The molecule has 2 unspecified atom stereocenters. The number of epoxide rings is 1. The quantitative estimate of drug-likeness (QED) is 0.455. The molecular formula is C6H7ClO. The largest absolute Gasteiger partial charge is 0.364 e. The number of ether oxygens (including phenoxy) is 1. The molecule has 0 N–H and O–H groups in total. The van der Waals surface area contributed by atoms with E-state index in [1.54, 1.807) is 0 Å². The van der Waals surface area contributed by atoms with Crippen molar-refractivity contribution in [3.63, 3.8) is 0 Å². The number of halogens is 1. The van der Waals surface area contributed by atoms with Gasteiger partial charge in [0, 0.05) is 5.03 Å². The second-order valence-electron chi connectivity index (χ2n) is 2.26. The smallest absolute Gasteiger partial charge is 0.119 e. The van der Waals surface area contributed by atoms with E-state index >= 15 is 0 Å². The summed E-state index contributed by atoms with van der Waals surface area (Å²) in [5.41, 5.74) is 0. The van der Waals surface area contributed by atoms with Gasteiger partial charge in [-0.15, -0.1) is 0 Å². The van der Waals surface area contributed by atoms with Crippen molar-refractivity contribution in [1.82, 2.24) is 0 Å². The maximum Gasteiger partial charge on any atom is 0.119 e. The van der Waals surface area contributed by atoms with E-state index in [2.05, 4.69) is 6.08 Å². The summed E-state index contributed by atoms with van der Waals surface area (Å²) >= 11 is 5.74. The predicted molar refractivity (Wildman–Crippen MR) is 31.8 cm³/mol. The van der Waals surface area contributed by atoms with Crippen LogP contribution in [-0.4, -0.2) is 12.2 Å². The third-order valence-electron chi connectivity index (χ3n) is 1.64. The van der Waals surface area contributed by atoms with Gasteiger partial charge >= 0.3 is 0 Å². The number of hydrogen-bond acceptors (Lipinski definition) is 1. The Kier molecular flexibility index (Phi) is 0.897. The van der Waals surface area contributed by atoms with Gasteiger partial charge in [0.25, 0.3) is 0 Å². The first kappa shape index (κ1) is 4.83. The van der Waals surface area contributed by atoms with Crippen molar-refractivity contribution < 1.29 is 4.74 Å². The lowest BCUT2D eigenvalue weighted by molar-refractivity contribution is 0.384. The lowest BCUT2D eigenvalue weighted by Gasteiger charge is -1.97. The van der Waals surface area contributed by atoms with Gasteiger partial charge < -0.3 is 4.74 Å². The molecule has 1 fully saturated rings. The van der Waals surface area contributed by atoms with Crippen molar-refractivity contribution in [3.05, 3.63) is 11.1 Å². The van der Waals surface area contributed by atoms with Crippen LogP contribution >= 0.6 is 11.6 Å². The molecule has 44 valence electrons. The molecule has 1 aliphatic heterocycles. The molecule has 0 saturated carbocycles. The molecule has 2 aliphatic rings. The Morgan fingerprint density at radius 1 is 1.75 bits per heavy atom. The summed E-state index contributed by atoms with van der Waals surface area (Å²) in [6.45, 7) is 0. The lowest BCUT2D eigenvalue weighted by Crippen LogP contribution is -1.98. The highest BCUT2D eigenvalue weighted by molar-refractivity contribution is 6.30. The van der Waals surface area contributed by atoms with Crippen LogP contribution in [0.1, 0.15) is 12.8 Å². The van der Waals surface area contributed by atoms with Crippen molar-refractivity contribution in [2.24, 2.45) is 0 Å². The molecule has 0 amide bonds. The fourth-order valence-electron chi connectivity index (χ4n) is 1.11. The van der Waals surface area contributed by atoms with Gasteiger partial charge in [-0.2, -0.15) is 0 Å². The molecule has 0 aromatic heterocycles. The summed E-state index contributed by atoms with van der Waals surface area (Å²) in [6, 6.07) is 0. The Bertz CT molecular complexity index is 141. The zero-order valence-electron chi connectivity index (χ0n) is 4.43. The van der Waals surface area contributed by atoms with Gasteiger partial charge in [0.2, 0.25) is 0 Å². The molecule has 2 heteroatoms. The topological polar surface area (TPSA) is 12.5 Å². The Morgan fingerprint density at radius 3 is 3.25 bits per heavy atom. The molecule has 1 aliphatic carbocycles. The minimum Gasteiger partial charge on any atom is -0.364 e. The lowest BCUT2D eigenvalue weighted by atomic mass is 10.1. The highest BCUT2D eigenvalue weighted by atomic mass is 35.5. The maximum atomic E-state index is 5.74. The van der Waals surface area contributed by atoms with E-state index in [0.717, 1.165) is 11.5 Å². The van der Waals surface area contributed by atoms with Crippen LogP contribution in [0.15, 0.2) is 11.1 Å². The average Bonchev–Trinajstić information content (AvgIpc) is 2.45. The van der Waals surface area contributed by atoms with Crippen LogP contribution in [0.3, 0.4) is 0 Å². The molecule has 0 bridgehead atoms. The Morgan fingerprint density at radius 2 is 2.62 bits per heavy atom. The van der Waals surface area contributed by atoms with E-state index in [0.29, 0.717) is 12.2 Å². The Hall–Kier alpha value is -0.0100. The summed E-state index contributed by atoms with van der Waals surface area (Å²) in [5, 5.41) is 0.918. The first-order valence-electron chi connectivity index (χ1n) is 2.89. The third kappa shape index (κ3) is 0.583. The van der Waals surface area contributed by atoms with Crippen LogP contribution < -0.4 is 0 Å². The summed E-state index contributed by atoms with van der Waals surface area (Å²) in [5.74, 6) is 0. The minimum atomic E-state index is 0.297. The molecule has 2 rings (SSSR count). The standard InChI is InChI=1S/C6H7ClO/c7-4-2-1-3-5-6(4)8-5/h2,5-6H,1,3H2. The van der Waals surface area contributed by atoms with Gasteiger partial charge in [0.15, 0.2) is 0 Å². The predicted octanol–water partition coefficient (Wildman–Crippen LogP) is 1.67. The van der Waals surface area contributed by atoms with Gasteiger partial charge in [0.1, 0.15) is 6.10 Å². The van der Waals surface area contributed by atoms with Crippen LogP contribution in [0.5, 0.6) is 0 Å². The molecular weight excluding hydrogens is 124 g/mol. The van der Waals surface area contributed by atoms with E-state index in [4.69, 9.17) is 16.3 Å². The summed E-state index contributed by atoms with van der Waals surface area (Å²) in [4.78, 5) is 0. The van der Waals surface area contributed by atoms with Gasteiger partial charge in [-0.05, 0) is 12.8 Å². The van der Waals surface area contributed by atoms with E-state index in [9.17, 15) is 0 Å². The van der Waals surface area contributed by atoms with E-state index in [1.807, 2.05) is 0 Å². The summed E-state index contributed by atoms with van der Waals surface area (Å²) in [7, 11) is 0. The van der Waals surface area contributed by atoms with Crippen LogP contribution in [0.4, 0.5) is 0 Å². The Labute approximate surface area is 53.3 Å². The average molecular weight is 131 g/mol. The molecule has 0 spiro atoms. The van der Waals surface area contributed by atoms with E-state index in [1.165, 1.54) is 6.42 Å². The number of fused-ring (bicyclic) bond motifs is 1. The molecule has 1 nitrogen and oxygen atoms in total. The molecule has 1 saturated heterocycles. The van der Waals surface area contributed by atoms with Crippen molar-refractivity contribution >= 4 is 11.6 Å². The fraction of sp³-hybridized carbons (Fsp3) is 0.667. The normalized spacial score (nSPS) is 42.9. The SMILES string of the molecule is ClC1=CCCC2OC12. The van der Waals surface area contributed by atoms with Crippen LogP contribution in [0.25, 0.3) is 0 Å². The summed E-state index contributed by atoms with van der Waals surface area (Å²) < 4.78 is 5.19. The van der Waals surface area contributed by atoms with Gasteiger partial charge in [-0.3, -0.25) is 0 Å². The Balaban J connectivity index is 2.18. The fourth-order valence-corrected chi connectivity index (χ4v) is 1.41. The monoisotopic (exact) mass is 130 g/mol. The van der Waals surface area contributed by atoms with Crippen LogP contribution in [0.2, 0.25) is 0 Å². The highest BCUT2D eigenvalue weighted by Gasteiger charge is 2.42. The zero-order valence-corrected chi connectivity index (χ0v) is 5.19. The molecule has 0 aromatic carbocycles. The number of rotatable bonds is 0. The van der Waals surface area contributed by atoms with E-state index in [-0.39, 0.29) is 0 Å². The zero-order chi connectivity index (χ0) is 5.56. The molecule has 0 aromatic rings. The van der Waals surface area contributed by atoms with E-state index < -0.39 is 0 Å². The van der Waals surface area contributed by atoms with Crippen molar-refractivity contribution in [2.75, 3.05) is 0 Å². The van der Waals surface area contributed by atoms with Gasteiger partial charge in [-0.1, -0.05) is 17.7 Å². The number of hydrogen-bond donors (Lipinski definition) is 0. The first-order chi connectivity index (χ1) is 3.88. The van der Waals surface area contributed by atoms with Crippen molar-refractivity contribution in [3.8, 4) is 0 Å². The molecule has 1 heterocycles. The molecule has 8 heavy (non-hydrogen) atoms. The van der Waals surface area contributed by atoms with Gasteiger partial charge in [0.05, 0.1) is 6.10 Å².